The predicted octanol–water partition coefficient (Wildman–Crippen LogP) is 0.107. The average molecular weight is 477 g/mol. The number of hydrogen-bond donors (Lipinski definition) is 5. The van der Waals surface area contributed by atoms with E-state index in [0.717, 1.165) is 23.0 Å². The Bertz CT molecular complexity index is 799. The highest BCUT2D eigenvalue weighted by atomic mass is 79.9. The van der Waals surface area contributed by atoms with Crippen molar-refractivity contribution in [3.05, 3.63) is 28.7 Å². The molecule has 0 radical (unpaired) electrons. The number of anilines is 4. The second kappa shape index (κ2) is 8.98. The van der Waals surface area contributed by atoms with Crippen molar-refractivity contribution in [3.8, 4) is 0 Å². The van der Waals surface area contributed by atoms with Gasteiger partial charge in [-0.3, -0.25) is 0 Å². The average Bonchev–Trinajstić information content (AvgIpc) is 2.68. The molecule has 162 valence electrons. The van der Waals surface area contributed by atoms with E-state index in [4.69, 9.17) is 27.9 Å². The second-order valence-electron chi connectivity index (χ2n) is 8.21. The Morgan fingerprint density at radius 3 is 1.60 bits per heavy atom. The summed E-state index contributed by atoms with van der Waals surface area (Å²) in [5.74, 6) is 1.56. The predicted molar refractivity (Wildman–Crippen MR) is 123 cm³/mol. The zero-order valence-corrected chi connectivity index (χ0v) is 18.4. The molecule has 2 saturated heterocycles. The molecule has 2 aliphatic rings. The third-order valence-electron chi connectivity index (χ3n) is 5.31. The van der Waals surface area contributed by atoms with Gasteiger partial charge in [0.05, 0.1) is 0 Å². The van der Waals surface area contributed by atoms with E-state index in [2.05, 4.69) is 31.2 Å². The first-order chi connectivity index (χ1) is 14.4. The third-order valence-corrected chi connectivity index (χ3v) is 5.84. The van der Waals surface area contributed by atoms with Gasteiger partial charge < -0.3 is 38.1 Å². The molecule has 9 N–H and O–H groups in total. The van der Waals surface area contributed by atoms with Crippen molar-refractivity contribution in [2.75, 3.05) is 41.3 Å². The van der Waals surface area contributed by atoms with Crippen LogP contribution in [0, 0.1) is 0 Å². The lowest BCUT2D eigenvalue weighted by molar-refractivity contribution is 0.441. The maximum absolute atomic E-state index is 6.19. The van der Waals surface area contributed by atoms with E-state index < -0.39 is 0 Å². The molecular formula is C19H29BrN10. The Labute approximate surface area is 184 Å². The fraction of sp³-hybridized carbons (Fsp3) is 0.526. The molecule has 4 atom stereocenters. The van der Waals surface area contributed by atoms with Crippen LogP contribution in [-0.2, 0) is 0 Å². The van der Waals surface area contributed by atoms with Gasteiger partial charge in [-0.1, -0.05) is 15.9 Å². The summed E-state index contributed by atoms with van der Waals surface area (Å²) in [6.45, 7) is 2.59. The number of nitrogens with two attached hydrogens (primary N) is 4. The Morgan fingerprint density at radius 1 is 0.733 bits per heavy atom. The number of hydrogen-bond acceptors (Lipinski definition) is 10. The van der Waals surface area contributed by atoms with Crippen LogP contribution >= 0.6 is 15.9 Å². The van der Waals surface area contributed by atoms with Crippen molar-refractivity contribution in [1.29, 1.82) is 0 Å². The maximum Gasteiger partial charge on any atom is 0.233 e. The number of piperidine rings is 2. The minimum absolute atomic E-state index is 0.0197. The van der Waals surface area contributed by atoms with Crippen molar-refractivity contribution < 1.29 is 0 Å². The van der Waals surface area contributed by atoms with Crippen molar-refractivity contribution in [1.82, 2.24) is 15.0 Å². The molecule has 0 unspecified atom stereocenters. The number of nitrogens with one attached hydrogen (secondary N) is 1. The smallest absolute Gasteiger partial charge is 0.233 e. The molecule has 30 heavy (non-hydrogen) atoms. The molecule has 4 rings (SSSR count). The summed E-state index contributed by atoms with van der Waals surface area (Å²) in [6.07, 6.45) is 1.57. The lowest BCUT2D eigenvalue weighted by Crippen LogP contribution is -2.54. The van der Waals surface area contributed by atoms with Gasteiger partial charge in [0.25, 0.3) is 0 Å². The Hall–Kier alpha value is -2.05. The first kappa shape index (κ1) is 21.2. The van der Waals surface area contributed by atoms with Gasteiger partial charge in [-0.25, -0.2) is 0 Å². The van der Waals surface area contributed by atoms with E-state index >= 15 is 0 Å². The fourth-order valence-corrected chi connectivity index (χ4v) is 4.30. The quantitative estimate of drug-likeness (QED) is 0.409. The van der Waals surface area contributed by atoms with E-state index in [1.54, 1.807) is 0 Å². The van der Waals surface area contributed by atoms with Gasteiger partial charge in [0.2, 0.25) is 17.8 Å². The van der Waals surface area contributed by atoms with Crippen LogP contribution in [0.25, 0.3) is 0 Å². The SMILES string of the molecule is N[C@@H]1C[C@H](N)CN(c2nc(Nc3ccc(Br)cc3)nc(N3C[C@H](N)C[C@H](N)C3)n2)C1. The van der Waals surface area contributed by atoms with Crippen LogP contribution in [0.5, 0.6) is 0 Å². The third kappa shape index (κ3) is 5.16. The van der Waals surface area contributed by atoms with Gasteiger partial charge in [-0.15, -0.1) is 0 Å². The van der Waals surface area contributed by atoms with Crippen LogP contribution in [0.2, 0.25) is 0 Å². The number of rotatable bonds is 4. The van der Waals surface area contributed by atoms with Gasteiger partial charge in [-0.05, 0) is 37.1 Å². The van der Waals surface area contributed by atoms with Gasteiger partial charge in [0, 0.05) is 60.5 Å². The zero-order valence-electron chi connectivity index (χ0n) is 16.8. The molecule has 2 aliphatic heterocycles. The van der Waals surface area contributed by atoms with Crippen LogP contribution in [0.15, 0.2) is 28.7 Å². The molecule has 1 aromatic heterocycles. The second-order valence-corrected chi connectivity index (χ2v) is 9.13. The highest BCUT2D eigenvalue weighted by Crippen LogP contribution is 2.24. The first-order valence-electron chi connectivity index (χ1n) is 10.2. The van der Waals surface area contributed by atoms with Gasteiger partial charge in [-0.2, -0.15) is 15.0 Å². The van der Waals surface area contributed by atoms with E-state index in [1.165, 1.54) is 0 Å². The normalized spacial score (nSPS) is 27.2. The molecule has 0 saturated carbocycles. The molecule has 11 heteroatoms. The molecule has 0 spiro atoms. The Kier molecular flexibility index (Phi) is 6.34. The van der Waals surface area contributed by atoms with Crippen LogP contribution in [0.4, 0.5) is 23.5 Å². The first-order valence-corrected chi connectivity index (χ1v) is 11.0. The lowest BCUT2D eigenvalue weighted by Gasteiger charge is -2.37. The minimum atomic E-state index is -0.0197. The molecular weight excluding hydrogens is 448 g/mol. The van der Waals surface area contributed by atoms with Crippen LogP contribution in [-0.4, -0.2) is 65.3 Å². The van der Waals surface area contributed by atoms with Crippen molar-refractivity contribution >= 4 is 39.5 Å². The van der Waals surface area contributed by atoms with E-state index in [1.807, 2.05) is 34.1 Å². The van der Waals surface area contributed by atoms with E-state index in [9.17, 15) is 0 Å². The van der Waals surface area contributed by atoms with Gasteiger partial charge in [0.15, 0.2) is 0 Å². The molecule has 0 amide bonds. The summed E-state index contributed by atoms with van der Waals surface area (Å²) in [6, 6.07) is 7.73. The topological polar surface area (TPSA) is 161 Å². The summed E-state index contributed by atoms with van der Waals surface area (Å²) < 4.78 is 0.998. The number of aromatic nitrogens is 3. The summed E-state index contributed by atoms with van der Waals surface area (Å²) in [7, 11) is 0. The molecule has 2 aromatic rings. The lowest BCUT2D eigenvalue weighted by atomic mass is 10.0. The van der Waals surface area contributed by atoms with Crippen LogP contribution in [0.3, 0.4) is 0 Å². The van der Waals surface area contributed by atoms with Crippen molar-refractivity contribution in [2.45, 2.75) is 37.0 Å². The summed E-state index contributed by atoms with van der Waals surface area (Å²) >= 11 is 3.45. The fourth-order valence-electron chi connectivity index (χ4n) is 4.04. The van der Waals surface area contributed by atoms with Crippen LogP contribution in [0.1, 0.15) is 12.8 Å². The van der Waals surface area contributed by atoms with Gasteiger partial charge in [0.1, 0.15) is 0 Å². The number of halogens is 1. The summed E-state index contributed by atoms with van der Waals surface area (Å²) in [5, 5.41) is 3.27. The van der Waals surface area contributed by atoms with E-state index in [-0.39, 0.29) is 24.2 Å². The Balaban J connectivity index is 1.67. The maximum atomic E-state index is 6.19. The molecule has 10 nitrogen and oxygen atoms in total. The molecule has 0 bridgehead atoms. The largest absolute Gasteiger partial charge is 0.338 e. The highest BCUT2D eigenvalue weighted by Gasteiger charge is 2.28. The highest BCUT2D eigenvalue weighted by molar-refractivity contribution is 9.10. The molecule has 2 fully saturated rings. The summed E-state index contributed by atoms with van der Waals surface area (Å²) in [4.78, 5) is 18.1. The molecule has 0 aliphatic carbocycles. The number of nitrogens with zero attached hydrogens (tertiary/aromatic N) is 5. The van der Waals surface area contributed by atoms with Crippen molar-refractivity contribution in [3.63, 3.8) is 0 Å². The zero-order chi connectivity index (χ0) is 21.3. The number of benzene rings is 1. The summed E-state index contributed by atoms with van der Waals surface area (Å²) in [5.41, 5.74) is 25.6. The standard InChI is InChI=1S/C19H29BrN10/c20-11-1-3-16(4-2-11)25-17-26-18(29-7-12(21)5-13(22)8-29)28-19(27-17)30-9-14(23)6-15(24)10-30/h1-4,12-15H,5-10,21-24H2,(H,25,26,27,28)/t12-,13+,14-,15+. The van der Waals surface area contributed by atoms with Crippen molar-refractivity contribution in [2.24, 2.45) is 22.9 Å². The molecule has 1 aromatic carbocycles. The van der Waals surface area contributed by atoms with Gasteiger partial charge >= 0.3 is 0 Å². The minimum Gasteiger partial charge on any atom is -0.338 e. The Morgan fingerprint density at radius 2 is 1.17 bits per heavy atom. The van der Waals surface area contributed by atoms with E-state index in [0.29, 0.717) is 44.0 Å². The van der Waals surface area contributed by atoms with Crippen LogP contribution < -0.4 is 38.1 Å². The monoisotopic (exact) mass is 476 g/mol. The molecule has 3 heterocycles.